The SMILES string of the molecule is CCN(CC)c1nc(C)nc2sc(C(=O)Nc3cc(C)on3)c(C)c12. The number of aryl methyl sites for hydroxylation is 3. The van der Waals surface area contributed by atoms with Gasteiger partial charge in [-0.05, 0) is 40.2 Å². The van der Waals surface area contributed by atoms with Gasteiger partial charge in [-0.25, -0.2) is 9.97 Å². The lowest BCUT2D eigenvalue weighted by Crippen LogP contribution is -2.23. The van der Waals surface area contributed by atoms with Crippen molar-refractivity contribution in [3.8, 4) is 0 Å². The number of nitrogens with zero attached hydrogens (tertiary/aromatic N) is 4. The van der Waals surface area contributed by atoms with Crippen molar-refractivity contribution in [2.75, 3.05) is 23.3 Å². The highest BCUT2D eigenvalue weighted by molar-refractivity contribution is 7.20. The quantitative estimate of drug-likeness (QED) is 0.748. The predicted octanol–water partition coefficient (Wildman–Crippen LogP) is 3.70. The monoisotopic (exact) mass is 359 g/mol. The summed E-state index contributed by atoms with van der Waals surface area (Å²) in [6.45, 7) is 11.5. The molecule has 0 saturated heterocycles. The minimum absolute atomic E-state index is 0.211. The molecule has 132 valence electrons. The Balaban J connectivity index is 2.07. The summed E-state index contributed by atoms with van der Waals surface area (Å²) in [4.78, 5) is 25.5. The van der Waals surface area contributed by atoms with Crippen LogP contribution in [0.1, 0.15) is 40.7 Å². The second-order valence-corrected chi connectivity index (χ2v) is 6.78. The summed E-state index contributed by atoms with van der Waals surface area (Å²) in [5.41, 5.74) is 0.889. The van der Waals surface area contributed by atoms with Gasteiger partial charge in [0.15, 0.2) is 5.82 Å². The highest BCUT2D eigenvalue weighted by Crippen LogP contribution is 2.35. The number of amides is 1. The molecule has 0 saturated carbocycles. The van der Waals surface area contributed by atoms with Gasteiger partial charge < -0.3 is 14.7 Å². The van der Waals surface area contributed by atoms with Gasteiger partial charge >= 0.3 is 0 Å². The van der Waals surface area contributed by atoms with Crippen LogP contribution < -0.4 is 10.2 Å². The first-order valence-electron chi connectivity index (χ1n) is 8.21. The third-order valence-electron chi connectivity index (χ3n) is 4.02. The highest BCUT2D eigenvalue weighted by atomic mass is 32.1. The average molecular weight is 359 g/mol. The molecule has 3 aromatic heterocycles. The summed E-state index contributed by atoms with van der Waals surface area (Å²) in [5.74, 6) is 2.43. The van der Waals surface area contributed by atoms with Gasteiger partial charge in [0, 0.05) is 19.2 Å². The third kappa shape index (κ3) is 3.21. The van der Waals surface area contributed by atoms with Gasteiger partial charge in [0.1, 0.15) is 22.2 Å². The number of nitrogens with one attached hydrogen (secondary N) is 1. The molecular weight excluding hydrogens is 338 g/mol. The summed E-state index contributed by atoms with van der Waals surface area (Å²) < 4.78 is 5.00. The van der Waals surface area contributed by atoms with E-state index in [1.54, 1.807) is 13.0 Å². The molecule has 0 radical (unpaired) electrons. The second-order valence-electron chi connectivity index (χ2n) is 5.78. The van der Waals surface area contributed by atoms with Gasteiger partial charge in [0.05, 0.1) is 10.3 Å². The Kier molecular flexibility index (Phi) is 4.71. The normalized spacial score (nSPS) is 11.1. The van der Waals surface area contributed by atoms with E-state index in [2.05, 4.69) is 39.2 Å². The van der Waals surface area contributed by atoms with Crippen molar-refractivity contribution in [2.45, 2.75) is 34.6 Å². The molecule has 0 aliphatic heterocycles. The van der Waals surface area contributed by atoms with Crippen LogP contribution in [0.15, 0.2) is 10.6 Å². The fourth-order valence-electron chi connectivity index (χ4n) is 2.79. The van der Waals surface area contributed by atoms with E-state index in [1.165, 1.54) is 11.3 Å². The molecular formula is C17H21N5O2S. The summed E-state index contributed by atoms with van der Waals surface area (Å²) >= 11 is 1.38. The molecule has 0 spiro atoms. The number of thiophene rings is 1. The smallest absolute Gasteiger partial charge is 0.267 e. The molecule has 0 aliphatic rings. The molecule has 0 bridgehead atoms. The molecule has 0 unspecified atom stereocenters. The molecule has 1 amide bonds. The summed E-state index contributed by atoms with van der Waals surface area (Å²) in [6, 6.07) is 1.69. The van der Waals surface area contributed by atoms with Crippen molar-refractivity contribution in [1.29, 1.82) is 0 Å². The third-order valence-corrected chi connectivity index (χ3v) is 5.21. The van der Waals surface area contributed by atoms with Crippen LogP contribution in [0.4, 0.5) is 11.6 Å². The molecule has 7 nitrogen and oxygen atoms in total. The minimum atomic E-state index is -0.211. The van der Waals surface area contributed by atoms with Gasteiger partial charge in [0.25, 0.3) is 5.91 Å². The van der Waals surface area contributed by atoms with Crippen LogP contribution in [0.5, 0.6) is 0 Å². The van der Waals surface area contributed by atoms with E-state index in [9.17, 15) is 4.79 Å². The van der Waals surface area contributed by atoms with Gasteiger partial charge in [-0.1, -0.05) is 5.16 Å². The Morgan fingerprint density at radius 2 is 1.96 bits per heavy atom. The molecule has 25 heavy (non-hydrogen) atoms. The number of fused-ring (bicyclic) bond motifs is 1. The standard InChI is InChI=1S/C17H21N5O2S/c1-6-22(7-2)15-13-10(4)14(25-17(13)19-11(5)18-15)16(23)20-12-8-9(3)24-21-12/h8H,6-7H2,1-5H3,(H,20,21,23). The number of carbonyl (C=O) groups excluding carboxylic acids is 1. The number of anilines is 2. The molecule has 0 aromatic carbocycles. The van der Waals surface area contributed by atoms with Gasteiger partial charge in [-0.15, -0.1) is 11.3 Å². The average Bonchev–Trinajstić information content (AvgIpc) is 3.11. The first kappa shape index (κ1) is 17.3. The van der Waals surface area contributed by atoms with E-state index >= 15 is 0 Å². The maximum absolute atomic E-state index is 12.7. The first-order chi connectivity index (χ1) is 11.9. The minimum Gasteiger partial charge on any atom is -0.360 e. The van der Waals surface area contributed by atoms with E-state index in [0.717, 1.165) is 34.7 Å². The molecule has 3 heterocycles. The molecule has 0 fully saturated rings. The zero-order valence-electron chi connectivity index (χ0n) is 15.0. The van der Waals surface area contributed by atoms with Crippen LogP contribution in [-0.2, 0) is 0 Å². The van der Waals surface area contributed by atoms with Crippen molar-refractivity contribution in [3.63, 3.8) is 0 Å². The molecule has 1 N–H and O–H groups in total. The zero-order valence-corrected chi connectivity index (χ0v) is 15.8. The number of aromatic nitrogens is 3. The van der Waals surface area contributed by atoms with E-state index in [4.69, 9.17) is 4.52 Å². The molecule has 0 atom stereocenters. The van der Waals surface area contributed by atoms with Crippen molar-refractivity contribution >= 4 is 39.1 Å². The van der Waals surface area contributed by atoms with Crippen LogP contribution >= 0.6 is 11.3 Å². The van der Waals surface area contributed by atoms with Crippen molar-refractivity contribution < 1.29 is 9.32 Å². The van der Waals surface area contributed by atoms with E-state index in [1.807, 2.05) is 13.8 Å². The molecule has 3 aromatic rings. The lowest BCUT2D eigenvalue weighted by Gasteiger charge is -2.21. The van der Waals surface area contributed by atoms with Gasteiger partial charge in [0.2, 0.25) is 0 Å². The van der Waals surface area contributed by atoms with Crippen molar-refractivity contribution in [2.24, 2.45) is 0 Å². The van der Waals surface area contributed by atoms with Crippen LogP contribution in [-0.4, -0.2) is 34.1 Å². The van der Waals surface area contributed by atoms with Crippen LogP contribution in [0, 0.1) is 20.8 Å². The first-order valence-corrected chi connectivity index (χ1v) is 9.03. The highest BCUT2D eigenvalue weighted by Gasteiger charge is 2.22. The Labute approximate surface area is 150 Å². The van der Waals surface area contributed by atoms with Crippen molar-refractivity contribution in [3.05, 3.63) is 28.1 Å². The Hall–Kier alpha value is -2.48. The number of hydrogen-bond donors (Lipinski definition) is 1. The van der Waals surface area contributed by atoms with Gasteiger partial charge in [-0.2, -0.15) is 0 Å². The summed E-state index contributed by atoms with van der Waals surface area (Å²) in [6.07, 6.45) is 0. The Bertz CT molecular complexity index is 927. The van der Waals surface area contributed by atoms with E-state index < -0.39 is 0 Å². The summed E-state index contributed by atoms with van der Waals surface area (Å²) in [5, 5.41) is 7.53. The Morgan fingerprint density at radius 1 is 1.24 bits per heavy atom. The van der Waals surface area contributed by atoms with Crippen molar-refractivity contribution in [1.82, 2.24) is 15.1 Å². The number of rotatable bonds is 5. The van der Waals surface area contributed by atoms with E-state index in [0.29, 0.717) is 22.3 Å². The topological polar surface area (TPSA) is 84.2 Å². The predicted molar refractivity (Wildman–Crippen MR) is 99.6 cm³/mol. The maximum atomic E-state index is 12.7. The van der Waals surface area contributed by atoms with Gasteiger partial charge in [-0.3, -0.25) is 4.79 Å². The van der Waals surface area contributed by atoms with Crippen LogP contribution in [0.3, 0.4) is 0 Å². The molecule has 8 heteroatoms. The number of hydrogen-bond acceptors (Lipinski definition) is 7. The summed E-state index contributed by atoms with van der Waals surface area (Å²) in [7, 11) is 0. The fraction of sp³-hybridized carbons (Fsp3) is 0.412. The lowest BCUT2D eigenvalue weighted by molar-refractivity contribution is 0.102. The molecule has 0 aliphatic carbocycles. The number of carbonyl (C=O) groups is 1. The largest absolute Gasteiger partial charge is 0.360 e. The van der Waals surface area contributed by atoms with Crippen LogP contribution in [0.25, 0.3) is 10.2 Å². The van der Waals surface area contributed by atoms with Crippen LogP contribution in [0.2, 0.25) is 0 Å². The maximum Gasteiger partial charge on any atom is 0.267 e. The van der Waals surface area contributed by atoms with E-state index in [-0.39, 0.29) is 5.91 Å². The second kappa shape index (κ2) is 6.79. The Morgan fingerprint density at radius 3 is 2.56 bits per heavy atom. The lowest BCUT2D eigenvalue weighted by atomic mass is 10.2. The fourth-order valence-corrected chi connectivity index (χ4v) is 3.90. The zero-order chi connectivity index (χ0) is 18.1. The molecule has 3 rings (SSSR count).